The molecule has 0 aliphatic heterocycles. The zero-order valence-corrected chi connectivity index (χ0v) is 15.3. The van der Waals surface area contributed by atoms with E-state index in [4.69, 9.17) is 0 Å². The summed E-state index contributed by atoms with van der Waals surface area (Å²) in [6.07, 6.45) is 0.492. The molecule has 0 spiro atoms. The van der Waals surface area contributed by atoms with Gasteiger partial charge in [0, 0.05) is 36.2 Å². The number of rotatable bonds is 7. The maximum Gasteiger partial charge on any atom is 0.224 e. The van der Waals surface area contributed by atoms with Crippen molar-refractivity contribution >= 4 is 27.5 Å². The van der Waals surface area contributed by atoms with Crippen molar-refractivity contribution in [1.29, 1.82) is 0 Å². The van der Waals surface area contributed by atoms with Gasteiger partial charge in [0.05, 0.1) is 0 Å². The van der Waals surface area contributed by atoms with Crippen LogP contribution in [0.15, 0.2) is 53.0 Å². The topological polar surface area (TPSA) is 32.3 Å². The fraction of sp³-hybridized carbons (Fsp3) is 0.316. The lowest BCUT2D eigenvalue weighted by Crippen LogP contribution is -2.31. The number of hydrogen-bond acceptors (Lipinski definition) is 2. The van der Waals surface area contributed by atoms with Gasteiger partial charge in [0.15, 0.2) is 0 Å². The summed E-state index contributed by atoms with van der Waals surface area (Å²) in [5, 5.41) is 3.31. The summed E-state index contributed by atoms with van der Waals surface area (Å²) in [5.74, 6) is 0.176. The molecule has 0 fully saturated rings. The number of aryl methyl sites for hydroxylation is 1. The summed E-state index contributed by atoms with van der Waals surface area (Å²) in [6.45, 7) is 6.11. The van der Waals surface area contributed by atoms with Gasteiger partial charge in [0.1, 0.15) is 0 Å². The molecular formula is C19H23BrN2O. The van der Waals surface area contributed by atoms with E-state index in [1.54, 1.807) is 0 Å². The van der Waals surface area contributed by atoms with Crippen LogP contribution in [0.4, 0.5) is 5.69 Å². The van der Waals surface area contributed by atoms with Crippen LogP contribution in [-0.2, 0) is 11.3 Å². The lowest BCUT2D eigenvalue weighted by atomic mass is 10.2. The van der Waals surface area contributed by atoms with Crippen LogP contribution in [0.25, 0.3) is 0 Å². The molecule has 0 radical (unpaired) electrons. The van der Waals surface area contributed by atoms with Crippen LogP contribution in [-0.4, -0.2) is 23.9 Å². The maximum absolute atomic E-state index is 12.4. The zero-order chi connectivity index (χ0) is 16.7. The van der Waals surface area contributed by atoms with Crippen molar-refractivity contribution in [3.63, 3.8) is 0 Å². The van der Waals surface area contributed by atoms with Crippen molar-refractivity contribution in [3.05, 3.63) is 64.1 Å². The Labute approximate surface area is 146 Å². The fourth-order valence-corrected chi connectivity index (χ4v) is 2.73. The molecule has 0 aliphatic rings. The molecule has 0 saturated heterocycles. The van der Waals surface area contributed by atoms with Crippen LogP contribution in [0.5, 0.6) is 0 Å². The molecule has 3 nitrogen and oxygen atoms in total. The molecule has 23 heavy (non-hydrogen) atoms. The van der Waals surface area contributed by atoms with Crippen molar-refractivity contribution in [2.24, 2.45) is 0 Å². The van der Waals surface area contributed by atoms with Gasteiger partial charge in [-0.3, -0.25) is 4.79 Å². The monoisotopic (exact) mass is 374 g/mol. The average molecular weight is 375 g/mol. The minimum atomic E-state index is 0.176. The van der Waals surface area contributed by atoms with Crippen LogP contribution < -0.4 is 5.32 Å². The van der Waals surface area contributed by atoms with E-state index in [2.05, 4.69) is 46.4 Å². The summed E-state index contributed by atoms with van der Waals surface area (Å²) in [6, 6.07) is 16.2. The highest BCUT2D eigenvalue weighted by Crippen LogP contribution is 2.20. The first-order valence-corrected chi connectivity index (χ1v) is 8.71. The van der Waals surface area contributed by atoms with E-state index in [-0.39, 0.29) is 5.91 Å². The Morgan fingerprint density at radius 1 is 1.17 bits per heavy atom. The molecule has 0 unspecified atom stereocenters. The van der Waals surface area contributed by atoms with Gasteiger partial charge in [-0.25, -0.2) is 0 Å². The third-order valence-corrected chi connectivity index (χ3v) is 4.64. The van der Waals surface area contributed by atoms with Crippen molar-refractivity contribution in [2.45, 2.75) is 26.8 Å². The Hall–Kier alpha value is -1.81. The molecule has 4 heteroatoms. The molecule has 122 valence electrons. The first-order valence-electron chi connectivity index (χ1n) is 7.92. The van der Waals surface area contributed by atoms with E-state index in [1.807, 2.05) is 42.2 Å². The van der Waals surface area contributed by atoms with Crippen LogP contribution in [0, 0.1) is 6.92 Å². The molecule has 2 rings (SSSR count). The van der Waals surface area contributed by atoms with Crippen LogP contribution in [0.3, 0.4) is 0 Å². The van der Waals surface area contributed by atoms with Gasteiger partial charge in [-0.05, 0) is 37.1 Å². The second kappa shape index (κ2) is 8.73. The lowest BCUT2D eigenvalue weighted by Gasteiger charge is -2.21. The quantitative estimate of drug-likeness (QED) is 0.767. The summed E-state index contributed by atoms with van der Waals surface area (Å²) in [4.78, 5) is 14.3. The molecular weight excluding hydrogens is 352 g/mol. The number of benzene rings is 2. The SMILES string of the molecule is CCN(Cc1ccccc1)C(=O)CCNc1ccc(C)c(Br)c1. The summed E-state index contributed by atoms with van der Waals surface area (Å²) >= 11 is 3.52. The summed E-state index contributed by atoms with van der Waals surface area (Å²) < 4.78 is 1.08. The highest BCUT2D eigenvalue weighted by Gasteiger charge is 2.11. The molecule has 2 aromatic carbocycles. The van der Waals surface area contributed by atoms with Crippen molar-refractivity contribution in [3.8, 4) is 0 Å². The Morgan fingerprint density at radius 3 is 2.57 bits per heavy atom. The van der Waals surface area contributed by atoms with Gasteiger partial charge in [0.25, 0.3) is 0 Å². The van der Waals surface area contributed by atoms with Crippen LogP contribution >= 0.6 is 15.9 Å². The van der Waals surface area contributed by atoms with E-state index in [9.17, 15) is 4.79 Å². The molecule has 0 aliphatic carbocycles. The third kappa shape index (κ3) is 5.39. The van der Waals surface area contributed by atoms with E-state index in [1.165, 1.54) is 5.56 Å². The van der Waals surface area contributed by atoms with Crippen molar-refractivity contribution in [2.75, 3.05) is 18.4 Å². The van der Waals surface area contributed by atoms with E-state index in [0.717, 1.165) is 22.3 Å². The van der Waals surface area contributed by atoms with Crippen molar-refractivity contribution < 1.29 is 4.79 Å². The van der Waals surface area contributed by atoms with Crippen LogP contribution in [0.2, 0.25) is 0 Å². The normalized spacial score (nSPS) is 10.4. The number of carbonyl (C=O) groups excluding carboxylic acids is 1. The maximum atomic E-state index is 12.4. The number of carbonyl (C=O) groups is 1. The van der Waals surface area contributed by atoms with Gasteiger partial charge >= 0.3 is 0 Å². The van der Waals surface area contributed by atoms with Gasteiger partial charge in [-0.15, -0.1) is 0 Å². The Morgan fingerprint density at radius 2 is 1.91 bits per heavy atom. The smallest absolute Gasteiger partial charge is 0.224 e. The fourth-order valence-electron chi connectivity index (χ4n) is 2.35. The van der Waals surface area contributed by atoms with Gasteiger partial charge < -0.3 is 10.2 Å². The largest absolute Gasteiger partial charge is 0.384 e. The standard InChI is InChI=1S/C19H23BrN2O/c1-3-22(14-16-7-5-4-6-8-16)19(23)11-12-21-17-10-9-15(2)18(20)13-17/h4-10,13,21H,3,11-12,14H2,1-2H3. The van der Waals surface area contributed by atoms with Gasteiger partial charge in [-0.2, -0.15) is 0 Å². The highest BCUT2D eigenvalue weighted by atomic mass is 79.9. The molecule has 1 amide bonds. The molecule has 0 bridgehead atoms. The number of amides is 1. The van der Waals surface area contributed by atoms with E-state index >= 15 is 0 Å². The Kier molecular flexibility index (Phi) is 6.66. The van der Waals surface area contributed by atoms with Gasteiger partial charge in [-0.1, -0.05) is 52.3 Å². The number of anilines is 1. The van der Waals surface area contributed by atoms with Crippen LogP contribution in [0.1, 0.15) is 24.5 Å². The predicted octanol–water partition coefficient (Wildman–Crippen LogP) is 4.61. The Bertz CT molecular complexity index is 643. The highest BCUT2D eigenvalue weighted by molar-refractivity contribution is 9.10. The summed E-state index contributed by atoms with van der Waals surface area (Å²) in [7, 11) is 0. The Balaban J connectivity index is 1.83. The second-order valence-electron chi connectivity index (χ2n) is 5.53. The van der Waals surface area contributed by atoms with Gasteiger partial charge in [0.2, 0.25) is 5.91 Å². The molecule has 0 heterocycles. The minimum Gasteiger partial charge on any atom is -0.384 e. The molecule has 0 aromatic heterocycles. The number of nitrogens with one attached hydrogen (secondary N) is 1. The summed E-state index contributed by atoms with van der Waals surface area (Å²) in [5.41, 5.74) is 3.39. The minimum absolute atomic E-state index is 0.176. The van der Waals surface area contributed by atoms with Crippen molar-refractivity contribution in [1.82, 2.24) is 4.90 Å². The predicted molar refractivity (Wildman–Crippen MR) is 99.5 cm³/mol. The van der Waals surface area contributed by atoms with E-state index < -0.39 is 0 Å². The number of hydrogen-bond donors (Lipinski definition) is 1. The number of halogens is 1. The molecule has 0 saturated carbocycles. The second-order valence-corrected chi connectivity index (χ2v) is 6.39. The lowest BCUT2D eigenvalue weighted by molar-refractivity contribution is -0.131. The molecule has 2 aromatic rings. The number of nitrogens with zero attached hydrogens (tertiary/aromatic N) is 1. The average Bonchev–Trinajstić information content (AvgIpc) is 2.56. The zero-order valence-electron chi connectivity index (χ0n) is 13.7. The molecule has 1 N–H and O–H groups in total. The van der Waals surface area contributed by atoms with E-state index in [0.29, 0.717) is 19.5 Å². The first kappa shape index (κ1) is 17.5. The molecule has 0 atom stereocenters. The third-order valence-electron chi connectivity index (χ3n) is 3.79. The first-order chi connectivity index (χ1) is 11.1.